The van der Waals surface area contributed by atoms with Crippen molar-refractivity contribution < 1.29 is 0 Å². The van der Waals surface area contributed by atoms with E-state index in [1.807, 2.05) is 6.07 Å². The zero-order valence-electron chi connectivity index (χ0n) is 12.3. The van der Waals surface area contributed by atoms with Crippen LogP contribution in [0.5, 0.6) is 0 Å². The molecule has 1 aromatic rings. The molecule has 1 aromatic heterocycles. The molecule has 2 rings (SSSR count). The average Bonchev–Trinajstić information content (AvgIpc) is 2.46. The molecule has 0 bridgehead atoms. The number of hydrogen-bond acceptors (Lipinski definition) is 4. The largest absolute Gasteiger partial charge is 0.308 e. The molecule has 0 saturated heterocycles. The molecule has 0 aromatic carbocycles. The Morgan fingerprint density at radius 2 is 2.16 bits per heavy atom. The van der Waals surface area contributed by atoms with Crippen molar-refractivity contribution in [1.29, 1.82) is 0 Å². The predicted molar refractivity (Wildman–Crippen MR) is 78.9 cm³/mol. The first-order valence-electron chi connectivity index (χ1n) is 7.49. The third-order valence-electron chi connectivity index (χ3n) is 4.23. The van der Waals surface area contributed by atoms with Crippen LogP contribution in [0.4, 0.5) is 5.82 Å². The van der Waals surface area contributed by atoms with Gasteiger partial charge in [-0.25, -0.2) is 15.8 Å². The van der Waals surface area contributed by atoms with E-state index in [0.29, 0.717) is 11.8 Å². The lowest BCUT2D eigenvalue weighted by molar-refractivity contribution is 0.307. The maximum absolute atomic E-state index is 5.53. The Morgan fingerprint density at radius 3 is 2.79 bits per heavy atom. The minimum atomic E-state index is 0.402. The Hall–Kier alpha value is -1.16. The maximum Gasteiger partial charge on any atom is 0.143 e. The van der Waals surface area contributed by atoms with Crippen molar-refractivity contribution in [2.24, 2.45) is 11.8 Å². The Labute approximate surface area is 116 Å². The summed E-state index contributed by atoms with van der Waals surface area (Å²) in [5.41, 5.74) is 3.76. The number of aromatic nitrogens is 2. The fraction of sp³-hybridized carbons (Fsp3) is 0.733. The second-order valence-electron chi connectivity index (χ2n) is 5.97. The molecule has 3 N–H and O–H groups in total. The van der Waals surface area contributed by atoms with Crippen molar-refractivity contribution in [3.63, 3.8) is 0 Å². The van der Waals surface area contributed by atoms with E-state index in [1.165, 1.54) is 32.1 Å². The number of rotatable bonds is 4. The van der Waals surface area contributed by atoms with Gasteiger partial charge in [-0.15, -0.1) is 0 Å². The van der Waals surface area contributed by atoms with E-state index in [1.54, 1.807) is 0 Å². The first kappa shape index (κ1) is 14.3. The smallest absolute Gasteiger partial charge is 0.143 e. The van der Waals surface area contributed by atoms with Crippen LogP contribution in [0.15, 0.2) is 6.07 Å². The van der Waals surface area contributed by atoms with Crippen molar-refractivity contribution in [1.82, 2.24) is 9.97 Å². The second kappa shape index (κ2) is 6.33. The van der Waals surface area contributed by atoms with E-state index in [9.17, 15) is 0 Å². The van der Waals surface area contributed by atoms with Gasteiger partial charge < -0.3 is 5.43 Å². The monoisotopic (exact) mass is 262 g/mol. The standard InChI is InChI=1S/C15H26N4/c1-4-11-6-5-7-12(8-11)15-17-13(10(2)3)9-14(18-15)19-16/h9-12H,4-8,16H2,1-3H3,(H,17,18,19). The van der Waals surface area contributed by atoms with E-state index in [0.717, 1.165) is 23.3 Å². The number of nitrogens with two attached hydrogens (primary N) is 1. The molecule has 1 heterocycles. The summed E-state index contributed by atoms with van der Waals surface area (Å²) in [6.45, 7) is 6.59. The minimum Gasteiger partial charge on any atom is -0.308 e. The van der Waals surface area contributed by atoms with Gasteiger partial charge in [0.25, 0.3) is 0 Å². The molecule has 0 aliphatic heterocycles. The fourth-order valence-electron chi connectivity index (χ4n) is 2.93. The number of hydrazine groups is 1. The number of nitrogen functional groups attached to an aromatic ring is 1. The summed E-state index contributed by atoms with van der Waals surface area (Å²) in [5, 5.41) is 0. The van der Waals surface area contributed by atoms with Crippen molar-refractivity contribution >= 4 is 5.82 Å². The van der Waals surface area contributed by atoms with Crippen LogP contribution in [-0.4, -0.2) is 9.97 Å². The summed E-state index contributed by atoms with van der Waals surface area (Å²) in [4.78, 5) is 9.35. The number of nitrogens with zero attached hydrogens (tertiary/aromatic N) is 2. The van der Waals surface area contributed by atoms with Crippen molar-refractivity contribution in [2.75, 3.05) is 5.43 Å². The molecule has 4 nitrogen and oxygen atoms in total. The molecule has 106 valence electrons. The number of nitrogens with one attached hydrogen (secondary N) is 1. The van der Waals surface area contributed by atoms with Crippen molar-refractivity contribution in [3.8, 4) is 0 Å². The normalized spacial score (nSPS) is 23.6. The van der Waals surface area contributed by atoms with Crippen molar-refractivity contribution in [2.45, 2.75) is 64.7 Å². The van der Waals surface area contributed by atoms with Crippen LogP contribution in [-0.2, 0) is 0 Å². The highest BCUT2D eigenvalue weighted by Gasteiger charge is 2.25. The third-order valence-corrected chi connectivity index (χ3v) is 4.23. The van der Waals surface area contributed by atoms with Crippen LogP contribution in [0, 0.1) is 5.92 Å². The van der Waals surface area contributed by atoms with Gasteiger partial charge in [0.1, 0.15) is 11.6 Å². The van der Waals surface area contributed by atoms with Crippen LogP contribution in [0.1, 0.15) is 76.2 Å². The Kier molecular flexibility index (Phi) is 4.75. The number of hydrogen-bond donors (Lipinski definition) is 2. The number of anilines is 1. The molecular weight excluding hydrogens is 236 g/mol. The highest BCUT2D eigenvalue weighted by molar-refractivity contribution is 5.36. The average molecular weight is 262 g/mol. The van der Waals surface area contributed by atoms with Gasteiger partial charge in [0.05, 0.1) is 0 Å². The summed E-state index contributed by atoms with van der Waals surface area (Å²) in [5.74, 6) is 9.00. The van der Waals surface area contributed by atoms with Gasteiger partial charge in [-0.1, -0.05) is 40.0 Å². The first-order valence-corrected chi connectivity index (χ1v) is 7.49. The van der Waals surface area contributed by atoms with Gasteiger partial charge in [-0.05, 0) is 24.7 Å². The van der Waals surface area contributed by atoms with Gasteiger partial charge in [0.2, 0.25) is 0 Å². The molecule has 2 atom stereocenters. The second-order valence-corrected chi connectivity index (χ2v) is 5.97. The Bertz CT molecular complexity index is 417. The quantitative estimate of drug-likeness (QED) is 0.643. The molecule has 1 aliphatic rings. The third kappa shape index (κ3) is 3.44. The molecule has 19 heavy (non-hydrogen) atoms. The Morgan fingerprint density at radius 1 is 1.37 bits per heavy atom. The van der Waals surface area contributed by atoms with Gasteiger partial charge in [0.15, 0.2) is 0 Å². The van der Waals surface area contributed by atoms with Crippen LogP contribution in [0.25, 0.3) is 0 Å². The van der Waals surface area contributed by atoms with Crippen LogP contribution < -0.4 is 11.3 Å². The lowest BCUT2D eigenvalue weighted by atomic mass is 9.80. The summed E-state index contributed by atoms with van der Waals surface area (Å²) in [7, 11) is 0. The van der Waals surface area contributed by atoms with E-state index >= 15 is 0 Å². The molecule has 1 aliphatic carbocycles. The van der Waals surface area contributed by atoms with Crippen molar-refractivity contribution in [3.05, 3.63) is 17.6 Å². The first-order chi connectivity index (χ1) is 9.13. The van der Waals surface area contributed by atoms with E-state index in [4.69, 9.17) is 10.8 Å². The highest BCUT2D eigenvalue weighted by Crippen LogP contribution is 2.36. The SMILES string of the molecule is CCC1CCCC(c2nc(NN)cc(C(C)C)n2)C1. The van der Waals surface area contributed by atoms with E-state index in [-0.39, 0.29) is 0 Å². The topological polar surface area (TPSA) is 63.8 Å². The molecule has 1 saturated carbocycles. The van der Waals surface area contributed by atoms with E-state index in [2.05, 4.69) is 31.2 Å². The highest BCUT2D eigenvalue weighted by atomic mass is 15.3. The molecule has 0 spiro atoms. The molecule has 1 fully saturated rings. The van der Waals surface area contributed by atoms with Gasteiger partial charge in [-0.3, -0.25) is 0 Å². The minimum absolute atomic E-state index is 0.402. The lowest BCUT2D eigenvalue weighted by Crippen LogP contribution is -2.18. The van der Waals surface area contributed by atoms with Gasteiger partial charge in [-0.2, -0.15) is 0 Å². The molecule has 0 radical (unpaired) electrons. The fourth-order valence-corrected chi connectivity index (χ4v) is 2.93. The van der Waals surface area contributed by atoms with E-state index < -0.39 is 0 Å². The van der Waals surface area contributed by atoms with Crippen LogP contribution in [0.2, 0.25) is 0 Å². The summed E-state index contributed by atoms with van der Waals surface area (Å²) < 4.78 is 0. The molecule has 0 amide bonds. The summed E-state index contributed by atoms with van der Waals surface area (Å²) in [6, 6.07) is 1.95. The predicted octanol–water partition coefficient (Wildman–Crippen LogP) is 3.57. The molecular formula is C15H26N4. The molecule has 2 unspecified atom stereocenters. The van der Waals surface area contributed by atoms with Gasteiger partial charge >= 0.3 is 0 Å². The van der Waals surface area contributed by atoms with Crippen LogP contribution >= 0.6 is 0 Å². The zero-order valence-corrected chi connectivity index (χ0v) is 12.3. The van der Waals surface area contributed by atoms with Gasteiger partial charge in [0, 0.05) is 17.7 Å². The zero-order chi connectivity index (χ0) is 13.8. The lowest BCUT2D eigenvalue weighted by Gasteiger charge is -2.28. The van der Waals surface area contributed by atoms with Crippen LogP contribution in [0.3, 0.4) is 0 Å². The Balaban J connectivity index is 2.25. The summed E-state index contributed by atoms with van der Waals surface area (Å²) >= 11 is 0. The summed E-state index contributed by atoms with van der Waals surface area (Å²) in [6.07, 6.45) is 6.36. The molecule has 4 heteroatoms. The maximum atomic E-state index is 5.53.